The fraction of sp³-hybridized carbons (Fsp3) is 0.375. The first-order chi connectivity index (χ1) is 10.8. The summed E-state index contributed by atoms with van der Waals surface area (Å²) >= 11 is 3.54. The molecule has 0 bridgehead atoms. The van der Waals surface area contributed by atoms with Gasteiger partial charge in [0.2, 0.25) is 0 Å². The normalized spacial score (nSPS) is 15.8. The molecule has 0 unspecified atom stereocenters. The Kier molecular flexibility index (Phi) is 4.90. The lowest BCUT2D eigenvalue weighted by molar-refractivity contribution is 0.270. The Hall–Kier alpha value is -1.66. The summed E-state index contributed by atoms with van der Waals surface area (Å²) in [5, 5.41) is 3.34. The topological polar surface area (TPSA) is 44.3 Å². The van der Waals surface area contributed by atoms with Crippen molar-refractivity contribution in [2.45, 2.75) is 6.92 Å². The fourth-order valence-electron chi connectivity index (χ4n) is 2.58. The molecule has 3 rings (SSSR count). The van der Waals surface area contributed by atoms with E-state index in [4.69, 9.17) is 0 Å². The van der Waals surface area contributed by atoms with Gasteiger partial charge in [-0.05, 0) is 34.6 Å². The molecule has 0 atom stereocenters. The maximum absolute atomic E-state index is 4.42. The molecule has 2 heterocycles. The number of hydrogen-bond donors (Lipinski definition) is 1. The molecule has 1 aromatic heterocycles. The van der Waals surface area contributed by atoms with E-state index < -0.39 is 0 Å². The quantitative estimate of drug-likeness (QED) is 0.906. The summed E-state index contributed by atoms with van der Waals surface area (Å²) in [7, 11) is 0. The largest absolute Gasteiger partial charge is 0.354 e. The van der Waals surface area contributed by atoms with Crippen LogP contribution in [0.3, 0.4) is 0 Å². The Bertz CT molecular complexity index is 625. The number of para-hydroxylation sites is 1. The molecule has 0 aliphatic carbocycles. The maximum Gasteiger partial charge on any atom is 0.135 e. The molecule has 0 radical (unpaired) electrons. The van der Waals surface area contributed by atoms with Crippen molar-refractivity contribution in [1.29, 1.82) is 0 Å². The van der Waals surface area contributed by atoms with Crippen LogP contribution in [-0.2, 0) is 0 Å². The van der Waals surface area contributed by atoms with Gasteiger partial charge < -0.3 is 15.1 Å². The summed E-state index contributed by atoms with van der Waals surface area (Å²) < 4.78 is 1.02. The summed E-state index contributed by atoms with van der Waals surface area (Å²) in [6, 6.07) is 10.0. The van der Waals surface area contributed by atoms with Gasteiger partial charge >= 0.3 is 0 Å². The van der Waals surface area contributed by atoms with Gasteiger partial charge in [0.25, 0.3) is 0 Å². The minimum absolute atomic E-state index is 0.815. The van der Waals surface area contributed by atoms with E-state index in [0.717, 1.165) is 54.5 Å². The number of nitrogens with zero attached hydrogens (tertiary/aromatic N) is 4. The minimum atomic E-state index is 0.815. The molecule has 0 amide bonds. The van der Waals surface area contributed by atoms with Crippen molar-refractivity contribution in [1.82, 2.24) is 14.9 Å². The van der Waals surface area contributed by atoms with Gasteiger partial charge in [-0.1, -0.05) is 19.1 Å². The number of aromatic nitrogens is 2. The Labute approximate surface area is 139 Å². The first kappa shape index (κ1) is 15.2. The van der Waals surface area contributed by atoms with Crippen LogP contribution in [0.2, 0.25) is 0 Å². The molecule has 5 nitrogen and oxygen atoms in total. The molecule has 6 heteroatoms. The van der Waals surface area contributed by atoms with E-state index in [2.05, 4.69) is 47.9 Å². The number of piperazine rings is 1. The molecule has 1 aliphatic heterocycles. The van der Waals surface area contributed by atoms with Crippen LogP contribution < -0.4 is 10.2 Å². The van der Waals surface area contributed by atoms with E-state index in [1.54, 1.807) is 6.33 Å². The summed E-state index contributed by atoms with van der Waals surface area (Å²) in [5.74, 6) is 1.80. The second-order valence-corrected chi connectivity index (χ2v) is 6.14. The van der Waals surface area contributed by atoms with Crippen LogP contribution >= 0.6 is 15.9 Å². The van der Waals surface area contributed by atoms with Gasteiger partial charge in [0, 0.05) is 36.7 Å². The SMILES string of the molecule is CCN1CCN(c2cc(Nc3ccccc3Br)ncn2)CC1. The van der Waals surface area contributed by atoms with E-state index in [1.807, 2.05) is 30.3 Å². The molecule has 1 saturated heterocycles. The molecule has 22 heavy (non-hydrogen) atoms. The monoisotopic (exact) mass is 361 g/mol. The number of likely N-dealkylation sites (N-methyl/N-ethyl adjacent to an activating group) is 1. The van der Waals surface area contributed by atoms with Gasteiger partial charge in [0.05, 0.1) is 5.69 Å². The third-order valence-electron chi connectivity index (χ3n) is 3.93. The first-order valence-electron chi connectivity index (χ1n) is 7.57. The number of anilines is 3. The zero-order valence-electron chi connectivity index (χ0n) is 12.7. The molecule has 0 saturated carbocycles. The smallest absolute Gasteiger partial charge is 0.135 e. The van der Waals surface area contributed by atoms with E-state index in [9.17, 15) is 0 Å². The number of hydrogen-bond acceptors (Lipinski definition) is 5. The van der Waals surface area contributed by atoms with Crippen molar-refractivity contribution in [2.75, 3.05) is 42.9 Å². The van der Waals surface area contributed by atoms with Crippen LogP contribution in [-0.4, -0.2) is 47.6 Å². The number of halogens is 1. The molecule has 2 aromatic rings. The Balaban J connectivity index is 1.72. The Morgan fingerprint density at radius 1 is 1.14 bits per heavy atom. The second-order valence-electron chi connectivity index (χ2n) is 5.29. The van der Waals surface area contributed by atoms with Crippen LogP contribution in [0.25, 0.3) is 0 Å². The Morgan fingerprint density at radius 2 is 1.91 bits per heavy atom. The molecule has 1 aliphatic rings. The lowest BCUT2D eigenvalue weighted by Gasteiger charge is -2.34. The predicted octanol–water partition coefficient (Wildman–Crippen LogP) is 3.12. The Morgan fingerprint density at radius 3 is 2.64 bits per heavy atom. The number of benzene rings is 1. The fourth-order valence-corrected chi connectivity index (χ4v) is 2.97. The number of rotatable bonds is 4. The third-order valence-corrected chi connectivity index (χ3v) is 4.62. The third kappa shape index (κ3) is 3.56. The van der Waals surface area contributed by atoms with Crippen molar-refractivity contribution in [2.24, 2.45) is 0 Å². The van der Waals surface area contributed by atoms with Crippen LogP contribution in [0.5, 0.6) is 0 Å². The summed E-state index contributed by atoms with van der Waals surface area (Å²) in [5.41, 5.74) is 1.00. The molecule has 1 aromatic carbocycles. The molecular weight excluding hydrogens is 342 g/mol. The van der Waals surface area contributed by atoms with Crippen molar-refractivity contribution in [3.63, 3.8) is 0 Å². The van der Waals surface area contributed by atoms with E-state index >= 15 is 0 Å². The zero-order valence-corrected chi connectivity index (χ0v) is 14.3. The number of nitrogens with one attached hydrogen (secondary N) is 1. The lowest BCUT2D eigenvalue weighted by atomic mass is 10.3. The highest BCUT2D eigenvalue weighted by Gasteiger charge is 2.17. The zero-order chi connectivity index (χ0) is 15.4. The average Bonchev–Trinajstić information content (AvgIpc) is 2.57. The second kappa shape index (κ2) is 7.07. The van der Waals surface area contributed by atoms with Gasteiger partial charge in [-0.2, -0.15) is 0 Å². The van der Waals surface area contributed by atoms with E-state index in [0.29, 0.717) is 0 Å². The van der Waals surface area contributed by atoms with E-state index in [-0.39, 0.29) is 0 Å². The summed E-state index contributed by atoms with van der Waals surface area (Å²) in [4.78, 5) is 13.5. The predicted molar refractivity (Wildman–Crippen MR) is 93.8 cm³/mol. The van der Waals surface area contributed by atoms with Crippen LogP contribution in [0, 0.1) is 0 Å². The van der Waals surface area contributed by atoms with Crippen molar-refractivity contribution in [3.8, 4) is 0 Å². The van der Waals surface area contributed by atoms with Gasteiger partial charge in [-0.3, -0.25) is 0 Å². The lowest BCUT2D eigenvalue weighted by Crippen LogP contribution is -2.46. The standard InChI is InChI=1S/C16H20BrN5/c1-2-21-7-9-22(10-8-21)16-11-15(18-12-19-16)20-14-6-4-3-5-13(14)17/h3-6,11-12H,2,7-10H2,1H3,(H,18,19,20). The highest BCUT2D eigenvalue weighted by molar-refractivity contribution is 9.10. The van der Waals surface area contributed by atoms with Gasteiger partial charge in [-0.15, -0.1) is 0 Å². The molecule has 1 fully saturated rings. The minimum Gasteiger partial charge on any atom is -0.354 e. The molecule has 0 spiro atoms. The highest BCUT2D eigenvalue weighted by atomic mass is 79.9. The van der Waals surface area contributed by atoms with Crippen LogP contribution in [0.4, 0.5) is 17.3 Å². The van der Waals surface area contributed by atoms with Gasteiger partial charge in [0.15, 0.2) is 0 Å². The summed E-state index contributed by atoms with van der Waals surface area (Å²) in [6.07, 6.45) is 1.63. The van der Waals surface area contributed by atoms with Crippen LogP contribution in [0.15, 0.2) is 41.1 Å². The van der Waals surface area contributed by atoms with Crippen molar-refractivity contribution >= 4 is 33.3 Å². The van der Waals surface area contributed by atoms with Gasteiger partial charge in [0.1, 0.15) is 18.0 Å². The van der Waals surface area contributed by atoms with Crippen LogP contribution in [0.1, 0.15) is 6.92 Å². The van der Waals surface area contributed by atoms with Crippen molar-refractivity contribution < 1.29 is 0 Å². The van der Waals surface area contributed by atoms with Gasteiger partial charge in [-0.25, -0.2) is 9.97 Å². The highest BCUT2D eigenvalue weighted by Crippen LogP contribution is 2.25. The first-order valence-corrected chi connectivity index (χ1v) is 8.36. The maximum atomic E-state index is 4.42. The van der Waals surface area contributed by atoms with Crippen molar-refractivity contribution in [3.05, 3.63) is 41.1 Å². The summed E-state index contributed by atoms with van der Waals surface area (Å²) in [6.45, 7) is 7.53. The molecular formula is C16H20BrN5. The molecule has 116 valence electrons. The average molecular weight is 362 g/mol. The van der Waals surface area contributed by atoms with E-state index in [1.165, 1.54) is 0 Å². The molecule has 1 N–H and O–H groups in total.